The molecule has 0 saturated heterocycles. The van der Waals surface area contributed by atoms with E-state index in [-0.39, 0.29) is 11.8 Å². The van der Waals surface area contributed by atoms with Crippen molar-refractivity contribution in [3.05, 3.63) is 0 Å². The molecule has 0 spiro atoms. The summed E-state index contributed by atoms with van der Waals surface area (Å²) in [5, 5.41) is 9.35. The van der Waals surface area contributed by atoms with Gasteiger partial charge in [0, 0.05) is 5.92 Å². The fraction of sp³-hybridized carbons (Fsp3) is 0.875. The van der Waals surface area contributed by atoms with Gasteiger partial charge >= 0.3 is 0 Å². The maximum Gasteiger partial charge on any atom is 0.125 e. The second-order valence-electron chi connectivity index (χ2n) is 2.94. The summed E-state index contributed by atoms with van der Waals surface area (Å²) < 4.78 is 0. The Morgan fingerprint density at radius 1 is 1.50 bits per heavy atom. The highest BCUT2D eigenvalue weighted by Crippen LogP contribution is 2.13. The summed E-state index contributed by atoms with van der Waals surface area (Å²) >= 11 is 0. The van der Waals surface area contributed by atoms with Gasteiger partial charge in [-0.25, -0.2) is 0 Å². The molecule has 0 aromatic carbocycles. The molecule has 2 atom stereocenters. The molecule has 0 amide bonds. The van der Waals surface area contributed by atoms with Gasteiger partial charge in [0.2, 0.25) is 0 Å². The lowest BCUT2D eigenvalue weighted by Gasteiger charge is -2.18. The molecule has 0 aromatic rings. The zero-order valence-corrected chi connectivity index (χ0v) is 6.87. The molecule has 0 saturated carbocycles. The van der Waals surface area contributed by atoms with E-state index in [0.29, 0.717) is 0 Å². The number of rotatable bonds is 4. The SMILES string of the molecule is CC[C@H](C=O)[C@@H](O)C(C)C. The Bertz CT molecular complexity index is 99.4. The molecule has 0 unspecified atom stereocenters. The van der Waals surface area contributed by atoms with E-state index in [1.165, 1.54) is 0 Å². The number of hydrogen-bond acceptors (Lipinski definition) is 2. The number of carbonyl (C=O) groups excluding carboxylic acids is 1. The Kier molecular flexibility index (Phi) is 4.28. The van der Waals surface area contributed by atoms with Crippen molar-refractivity contribution in [2.75, 3.05) is 0 Å². The van der Waals surface area contributed by atoms with Crippen LogP contribution in [0.15, 0.2) is 0 Å². The lowest BCUT2D eigenvalue weighted by Crippen LogP contribution is -2.26. The van der Waals surface area contributed by atoms with Gasteiger partial charge in [-0.1, -0.05) is 20.8 Å². The molecule has 0 heterocycles. The zero-order chi connectivity index (χ0) is 8.15. The average Bonchev–Trinajstić information content (AvgIpc) is 1.90. The van der Waals surface area contributed by atoms with Crippen molar-refractivity contribution in [3.8, 4) is 0 Å². The van der Waals surface area contributed by atoms with Crippen molar-refractivity contribution in [3.63, 3.8) is 0 Å². The van der Waals surface area contributed by atoms with Gasteiger partial charge in [-0.3, -0.25) is 0 Å². The third-order valence-electron chi connectivity index (χ3n) is 1.77. The third-order valence-corrected chi connectivity index (χ3v) is 1.77. The van der Waals surface area contributed by atoms with E-state index in [0.717, 1.165) is 12.7 Å². The Labute approximate surface area is 62.2 Å². The summed E-state index contributed by atoms with van der Waals surface area (Å²) in [6.45, 7) is 5.73. The summed E-state index contributed by atoms with van der Waals surface area (Å²) in [6.07, 6.45) is 1.09. The van der Waals surface area contributed by atoms with Crippen molar-refractivity contribution in [2.45, 2.75) is 33.3 Å². The number of aliphatic hydroxyl groups excluding tert-OH is 1. The van der Waals surface area contributed by atoms with E-state index >= 15 is 0 Å². The van der Waals surface area contributed by atoms with Gasteiger partial charge in [-0.2, -0.15) is 0 Å². The summed E-state index contributed by atoms with van der Waals surface area (Å²) in [5.41, 5.74) is 0. The van der Waals surface area contributed by atoms with Gasteiger partial charge in [-0.15, -0.1) is 0 Å². The summed E-state index contributed by atoms with van der Waals surface area (Å²) in [7, 11) is 0. The van der Waals surface area contributed by atoms with Gasteiger partial charge in [-0.05, 0) is 12.3 Å². The number of hydrogen-bond donors (Lipinski definition) is 1. The quantitative estimate of drug-likeness (QED) is 0.602. The van der Waals surface area contributed by atoms with E-state index in [1.54, 1.807) is 0 Å². The first kappa shape index (κ1) is 9.63. The summed E-state index contributed by atoms with van der Waals surface area (Å²) in [5.74, 6) is -0.00449. The molecule has 0 rings (SSSR count). The minimum atomic E-state index is -0.470. The molecular weight excluding hydrogens is 128 g/mol. The Morgan fingerprint density at radius 2 is 2.00 bits per heavy atom. The van der Waals surface area contributed by atoms with Crippen molar-refractivity contribution in [1.29, 1.82) is 0 Å². The van der Waals surface area contributed by atoms with E-state index < -0.39 is 6.10 Å². The largest absolute Gasteiger partial charge is 0.392 e. The molecule has 2 nitrogen and oxygen atoms in total. The van der Waals surface area contributed by atoms with Crippen LogP contribution in [0, 0.1) is 11.8 Å². The van der Waals surface area contributed by atoms with Crippen molar-refractivity contribution >= 4 is 6.29 Å². The fourth-order valence-electron chi connectivity index (χ4n) is 0.913. The molecule has 1 N–H and O–H groups in total. The van der Waals surface area contributed by atoms with Crippen LogP contribution in [0.1, 0.15) is 27.2 Å². The average molecular weight is 144 g/mol. The number of aldehydes is 1. The molecule has 60 valence electrons. The maximum absolute atomic E-state index is 10.3. The van der Waals surface area contributed by atoms with Crippen LogP contribution in [-0.2, 0) is 4.79 Å². The molecule has 0 radical (unpaired) electrons. The monoisotopic (exact) mass is 144 g/mol. The van der Waals surface area contributed by atoms with Gasteiger partial charge in [0.05, 0.1) is 6.10 Å². The molecule has 0 aliphatic carbocycles. The smallest absolute Gasteiger partial charge is 0.125 e. The Morgan fingerprint density at radius 3 is 2.10 bits per heavy atom. The third kappa shape index (κ3) is 2.48. The topological polar surface area (TPSA) is 37.3 Å². The molecule has 0 bridgehead atoms. The zero-order valence-electron chi connectivity index (χ0n) is 6.87. The van der Waals surface area contributed by atoms with Crippen LogP contribution in [0.3, 0.4) is 0 Å². The minimum absolute atomic E-state index is 0.176. The highest BCUT2D eigenvalue weighted by atomic mass is 16.3. The van der Waals surface area contributed by atoms with Crippen LogP contribution < -0.4 is 0 Å². The highest BCUT2D eigenvalue weighted by molar-refractivity contribution is 5.54. The van der Waals surface area contributed by atoms with E-state index in [1.807, 2.05) is 20.8 Å². The van der Waals surface area contributed by atoms with Gasteiger partial charge < -0.3 is 9.90 Å². The first-order valence-corrected chi connectivity index (χ1v) is 3.76. The predicted molar refractivity (Wildman–Crippen MR) is 40.7 cm³/mol. The van der Waals surface area contributed by atoms with Crippen LogP contribution in [0.25, 0.3) is 0 Å². The molecular formula is C8H16O2. The Hall–Kier alpha value is -0.370. The lowest BCUT2D eigenvalue weighted by atomic mass is 9.93. The van der Waals surface area contributed by atoms with Gasteiger partial charge in [0.1, 0.15) is 6.29 Å². The van der Waals surface area contributed by atoms with Crippen LogP contribution in [-0.4, -0.2) is 17.5 Å². The molecule has 0 aliphatic heterocycles. The fourth-order valence-corrected chi connectivity index (χ4v) is 0.913. The summed E-state index contributed by atoms with van der Waals surface area (Å²) in [6, 6.07) is 0. The Balaban J connectivity index is 3.87. The molecule has 0 fully saturated rings. The van der Waals surface area contributed by atoms with Crippen molar-refractivity contribution < 1.29 is 9.90 Å². The first-order valence-electron chi connectivity index (χ1n) is 3.76. The van der Waals surface area contributed by atoms with Gasteiger partial charge in [0.25, 0.3) is 0 Å². The standard InChI is InChI=1S/C8H16O2/c1-4-7(5-9)8(10)6(2)3/h5-8,10H,4H2,1-3H3/t7-,8+/m1/s1. The number of carbonyl (C=O) groups is 1. The van der Waals surface area contributed by atoms with E-state index in [2.05, 4.69) is 0 Å². The predicted octanol–water partition coefficient (Wildman–Crippen LogP) is 1.23. The normalized spacial score (nSPS) is 16.9. The van der Waals surface area contributed by atoms with Crippen LogP contribution in [0.5, 0.6) is 0 Å². The minimum Gasteiger partial charge on any atom is -0.392 e. The molecule has 0 aliphatic rings. The maximum atomic E-state index is 10.3. The molecule has 10 heavy (non-hydrogen) atoms. The first-order chi connectivity index (χ1) is 4.63. The van der Waals surface area contributed by atoms with Crippen LogP contribution in [0.4, 0.5) is 0 Å². The second-order valence-corrected chi connectivity index (χ2v) is 2.94. The highest BCUT2D eigenvalue weighted by Gasteiger charge is 2.19. The lowest BCUT2D eigenvalue weighted by molar-refractivity contribution is -0.115. The van der Waals surface area contributed by atoms with Crippen molar-refractivity contribution in [1.82, 2.24) is 0 Å². The van der Waals surface area contributed by atoms with E-state index in [4.69, 9.17) is 0 Å². The van der Waals surface area contributed by atoms with E-state index in [9.17, 15) is 9.90 Å². The summed E-state index contributed by atoms with van der Waals surface area (Å²) in [4.78, 5) is 10.3. The second kappa shape index (κ2) is 4.45. The van der Waals surface area contributed by atoms with Gasteiger partial charge in [0.15, 0.2) is 0 Å². The molecule has 0 aromatic heterocycles. The molecule has 2 heteroatoms. The van der Waals surface area contributed by atoms with Crippen LogP contribution in [0.2, 0.25) is 0 Å². The van der Waals surface area contributed by atoms with Crippen LogP contribution >= 0.6 is 0 Å². The van der Waals surface area contributed by atoms with Crippen molar-refractivity contribution in [2.24, 2.45) is 11.8 Å². The number of aliphatic hydroxyl groups is 1.